The summed E-state index contributed by atoms with van der Waals surface area (Å²) in [5.74, 6) is 0.0163. The molecule has 1 aliphatic carbocycles. The molecule has 2 heterocycles. The fraction of sp³-hybridized carbons (Fsp3) is 0.481. The molecule has 41 heavy (non-hydrogen) atoms. The zero-order chi connectivity index (χ0) is 29.1. The molecule has 1 aliphatic heterocycles. The number of nitro benzene ring substituents is 1. The van der Waals surface area contributed by atoms with Crippen LogP contribution < -0.4 is 5.32 Å². The van der Waals surface area contributed by atoms with E-state index in [2.05, 4.69) is 15.2 Å². The largest absolute Gasteiger partial charge is 0.439 e. The lowest BCUT2D eigenvalue weighted by molar-refractivity contribution is -0.388. The number of nitrogens with one attached hydrogen (secondary N) is 1. The molecule has 0 unspecified atom stereocenters. The predicted molar refractivity (Wildman–Crippen MR) is 140 cm³/mol. The van der Waals surface area contributed by atoms with Crippen molar-refractivity contribution in [2.45, 2.75) is 50.6 Å². The van der Waals surface area contributed by atoms with E-state index in [1.807, 2.05) is 0 Å². The summed E-state index contributed by atoms with van der Waals surface area (Å²) in [4.78, 5) is 30.8. The van der Waals surface area contributed by atoms with E-state index in [1.165, 1.54) is 18.2 Å². The highest BCUT2D eigenvalue weighted by Crippen LogP contribution is 2.38. The first kappa shape index (κ1) is 28.7. The number of ether oxygens (including phenoxy) is 1. The number of piperazine rings is 1. The highest BCUT2D eigenvalue weighted by atomic mass is 19.4. The molecule has 2 aliphatic rings. The van der Waals surface area contributed by atoms with Crippen molar-refractivity contribution in [1.29, 1.82) is 0 Å². The number of carbonyl (C=O) groups is 1. The van der Waals surface area contributed by atoms with Crippen molar-refractivity contribution in [3.63, 3.8) is 0 Å². The minimum atomic E-state index is -4.83. The van der Waals surface area contributed by atoms with Gasteiger partial charge in [-0.1, -0.05) is 0 Å². The Kier molecular flexibility index (Phi) is 8.40. The molecule has 10 nitrogen and oxygen atoms in total. The summed E-state index contributed by atoms with van der Waals surface area (Å²) in [7, 11) is 0. The molecule has 2 aromatic carbocycles. The minimum Gasteiger partial charge on any atom is -0.439 e. The highest BCUT2D eigenvalue weighted by molar-refractivity contribution is 5.77. The topological polar surface area (TPSA) is 114 Å². The lowest BCUT2D eigenvalue weighted by atomic mass is 9.92. The number of alkyl halides is 3. The van der Waals surface area contributed by atoms with Gasteiger partial charge in [0, 0.05) is 50.0 Å². The molecule has 0 spiro atoms. The maximum atomic E-state index is 13.4. The number of nitro groups is 1. The number of nitrogens with zero attached hydrogens (tertiary/aromatic N) is 4. The smallest absolute Gasteiger partial charge is 0.423 e. The first-order valence-corrected chi connectivity index (χ1v) is 13.3. The van der Waals surface area contributed by atoms with E-state index in [0.29, 0.717) is 75.4 Å². The van der Waals surface area contributed by atoms with Crippen molar-refractivity contribution in [3.8, 4) is 0 Å². The first-order valence-electron chi connectivity index (χ1n) is 13.3. The number of carbonyl (C=O) groups excluding carboxylic acids is 1. The maximum Gasteiger partial charge on any atom is 0.423 e. The summed E-state index contributed by atoms with van der Waals surface area (Å²) in [6.07, 6.45) is -2.46. The van der Waals surface area contributed by atoms with Crippen LogP contribution in [0.4, 0.5) is 28.9 Å². The molecule has 1 aromatic heterocycles. The SMILES string of the molecule is O=C(CO[C@H]1CC[C@H](Nc2ccc([N+](=O)[O-])c(C(F)(F)F)c2)CC1)N1CCN(Cc2nc3cc(F)ccc3o2)CC1. The molecule has 1 saturated carbocycles. The van der Waals surface area contributed by atoms with Gasteiger partial charge in [0.05, 0.1) is 17.6 Å². The minimum absolute atomic E-state index is 0.0449. The van der Waals surface area contributed by atoms with Crippen LogP contribution in [0.2, 0.25) is 0 Å². The van der Waals surface area contributed by atoms with Gasteiger partial charge in [0.1, 0.15) is 23.5 Å². The van der Waals surface area contributed by atoms with Gasteiger partial charge in [0.25, 0.3) is 5.69 Å². The monoisotopic (exact) mass is 579 g/mol. The number of anilines is 1. The van der Waals surface area contributed by atoms with Gasteiger partial charge in [-0.05, 0) is 49.9 Å². The Morgan fingerprint density at radius 2 is 1.83 bits per heavy atom. The fourth-order valence-corrected chi connectivity index (χ4v) is 5.26. The fourth-order valence-electron chi connectivity index (χ4n) is 5.26. The number of amides is 1. The summed E-state index contributed by atoms with van der Waals surface area (Å²) >= 11 is 0. The Bertz CT molecular complexity index is 1400. The van der Waals surface area contributed by atoms with Crippen LogP contribution >= 0.6 is 0 Å². The van der Waals surface area contributed by atoms with Gasteiger partial charge in [0.15, 0.2) is 5.58 Å². The molecule has 2 fully saturated rings. The predicted octanol–water partition coefficient (Wildman–Crippen LogP) is 4.98. The number of rotatable bonds is 8. The molecule has 5 rings (SSSR count). The molecule has 0 bridgehead atoms. The van der Waals surface area contributed by atoms with Crippen LogP contribution in [-0.4, -0.2) is 70.5 Å². The molecule has 220 valence electrons. The second-order valence-electron chi connectivity index (χ2n) is 10.3. The Hall–Kier alpha value is -3.78. The molecular formula is C27H29F4N5O5. The molecule has 3 aromatic rings. The van der Waals surface area contributed by atoms with Crippen LogP contribution in [0.1, 0.15) is 37.1 Å². The van der Waals surface area contributed by atoms with Crippen molar-refractivity contribution in [1.82, 2.24) is 14.8 Å². The van der Waals surface area contributed by atoms with Gasteiger partial charge in [-0.15, -0.1) is 0 Å². The van der Waals surface area contributed by atoms with Crippen molar-refractivity contribution >= 4 is 28.4 Å². The van der Waals surface area contributed by atoms with E-state index in [1.54, 1.807) is 11.0 Å². The van der Waals surface area contributed by atoms with Crippen LogP contribution in [0.3, 0.4) is 0 Å². The number of hydrogen-bond donors (Lipinski definition) is 1. The lowest BCUT2D eigenvalue weighted by Crippen LogP contribution is -2.49. The highest BCUT2D eigenvalue weighted by Gasteiger charge is 2.38. The van der Waals surface area contributed by atoms with E-state index in [4.69, 9.17) is 9.15 Å². The summed E-state index contributed by atoms with van der Waals surface area (Å²) in [6.45, 7) is 2.74. The third-order valence-electron chi connectivity index (χ3n) is 7.46. The lowest BCUT2D eigenvalue weighted by Gasteiger charge is -2.34. The number of fused-ring (bicyclic) bond motifs is 1. The average Bonchev–Trinajstić information content (AvgIpc) is 3.33. The van der Waals surface area contributed by atoms with Crippen LogP contribution in [0.5, 0.6) is 0 Å². The van der Waals surface area contributed by atoms with Gasteiger partial charge in [-0.3, -0.25) is 19.8 Å². The van der Waals surface area contributed by atoms with E-state index in [-0.39, 0.29) is 36.2 Å². The van der Waals surface area contributed by atoms with Crippen LogP contribution in [0.25, 0.3) is 11.1 Å². The van der Waals surface area contributed by atoms with Gasteiger partial charge >= 0.3 is 6.18 Å². The van der Waals surface area contributed by atoms with Crippen molar-refractivity contribution in [2.24, 2.45) is 0 Å². The second-order valence-corrected chi connectivity index (χ2v) is 10.3. The van der Waals surface area contributed by atoms with E-state index < -0.39 is 22.4 Å². The van der Waals surface area contributed by atoms with Crippen LogP contribution in [0.15, 0.2) is 40.8 Å². The Morgan fingerprint density at radius 1 is 1.10 bits per heavy atom. The van der Waals surface area contributed by atoms with Gasteiger partial charge in [-0.2, -0.15) is 13.2 Å². The quantitative estimate of drug-likeness (QED) is 0.226. The van der Waals surface area contributed by atoms with Crippen molar-refractivity contribution < 1.29 is 36.4 Å². The molecule has 1 saturated heterocycles. The van der Waals surface area contributed by atoms with Gasteiger partial charge in [0.2, 0.25) is 11.8 Å². The van der Waals surface area contributed by atoms with E-state index >= 15 is 0 Å². The Labute approximate surface area is 232 Å². The number of halogens is 4. The Balaban J connectivity index is 1.03. The number of hydrogen-bond acceptors (Lipinski definition) is 8. The molecule has 0 radical (unpaired) electrons. The van der Waals surface area contributed by atoms with E-state index in [0.717, 1.165) is 12.1 Å². The third kappa shape index (κ3) is 7.11. The second kappa shape index (κ2) is 12.0. The normalized spacial score (nSPS) is 20.3. The Morgan fingerprint density at radius 3 is 2.51 bits per heavy atom. The number of aromatic nitrogens is 1. The molecule has 0 atom stereocenters. The standard InChI is InChI=1S/C27H29F4N5O5/c28-17-1-8-24-22(13-17)33-25(41-24)15-34-9-11-35(12-10-34)26(37)16-40-20-5-2-18(3-6-20)32-19-4-7-23(36(38)39)21(14-19)27(29,30)31/h1,4,7-8,13-14,18,20,32H,2-3,5-6,9-12,15-16H2/t18-,20-. The zero-order valence-corrected chi connectivity index (χ0v) is 22.0. The van der Waals surface area contributed by atoms with Gasteiger partial charge < -0.3 is 19.4 Å². The van der Waals surface area contributed by atoms with Crippen molar-refractivity contribution in [2.75, 3.05) is 38.1 Å². The maximum absolute atomic E-state index is 13.4. The molecule has 14 heteroatoms. The molecule has 1 N–H and O–H groups in total. The zero-order valence-electron chi connectivity index (χ0n) is 22.0. The number of benzene rings is 2. The van der Waals surface area contributed by atoms with Gasteiger partial charge in [-0.25, -0.2) is 9.37 Å². The number of oxazole rings is 1. The van der Waals surface area contributed by atoms with Crippen LogP contribution in [-0.2, 0) is 22.3 Å². The van der Waals surface area contributed by atoms with E-state index in [9.17, 15) is 32.5 Å². The van der Waals surface area contributed by atoms with Crippen LogP contribution in [0, 0.1) is 15.9 Å². The summed E-state index contributed by atoms with van der Waals surface area (Å²) in [5, 5.41) is 14.0. The first-order chi connectivity index (χ1) is 19.5. The third-order valence-corrected chi connectivity index (χ3v) is 7.46. The molecule has 1 amide bonds. The summed E-state index contributed by atoms with van der Waals surface area (Å²) in [6, 6.07) is 7.01. The summed E-state index contributed by atoms with van der Waals surface area (Å²) < 4.78 is 64.7. The average molecular weight is 580 g/mol. The molecular weight excluding hydrogens is 550 g/mol. The summed E-state index contributed by atoms with van der Waals surface area (Å²) in [5.41, 5.74) is -1.09. The van der Waals surface area contributed by atoms with Crippen molar-refractivity contribution in [3.05, 3.63) is 63.8 Å².